The number of hydrogen-bond donors (Lipinski definition) is 3. The molecule has 8 nitrogen and oxygen atoms in total. The van der Waals surface area contributed by atoms with E-state index in [1.165, 1.54) is 0 Å². The average Bonchev–Trinajstić information content (AvgIpc) is 2.97. The minimum Gasteiger partial charge on any atom is -0.338 e. The van der Waals surface area contributed by atoms with Crippen LogP contribution in [-0.4, -0.2) is 43.9 Å². The number of imide groups is 1. The maximum Gasteiger partial charge on any atom is 0.321 e. The maximum absolute atomic E-state index is 11.8. The molecule has 1 aromatic carbocycles. The van der Waals surface area contributed by atoms with Crippen LogP contribution in [0, 0.1) is 0 Å². The van der Waals surface area contributed by atoms with Crippen molar-refractivity contribution in [2.75, 3.05) is 5.75 Å². The van der Waals surface area contributed by atoms with Gasteiger partial charge in [0.25, 0.3) is 0 Å². The second-order valence-electron chi connectivity index (χ2n) is 5.58. The molecule has 1 atom stereocenters. The quantitative estimate of drug-likeness (QED) is 0.603. The fourth-order valence-electron chi connectivity index (χ4n) is 2.22. The summed E-state index contributed by atoms with van der Waals surface area (Å²) in [5.74, 6) is -0.382. The fourth-order valence-corrected chi connectivity index (χ4v) is 2.81. The molecule has 130 valence electrons. The van der Waals surface area contributed by atoms with E-state index in [1.807, 2.05) is 38.1 Å². The van der Waals surface area contributed by atoms with E-state index in [0.717, 1.165) is 29.1 Å². The molecule has 0 radical (unpaired) electrons. The van der Waals surface area contributed by atoms with E-state index in [0.29, 0.717) is 16.3 Å². The van der Waals surface area contributed by atoms with Crippen LogP contribution in [0.5, 0.6) is 0 Å². The Bertz CT molecular complexity index is 925. The molecule has 3 rings (SSSR count). The van der Waals surface area contributed by atoms with Gasteiger partial charge in [-0.1, -0.05) is 36.9 Å². The molecule has 0 unspecified atom stereocenters. The van der Waals surface area contributed by atoms with E-state index in [2.05, 4.69) is 30.8 Å². The summed E-state index contributed by atoms with van der Waals surface area (Å²) in [7, 11) is 0. The summed E-state index contributed by atoms with van der Waals surface area (Å²) < 4.78 is 0. The number of carbonyl (C=O) groups excluding carboxylic acids is 2. The lowest BCUT2D eigenvalue weighted by atomic mass is 10.2. The number of rotatable bonds is 5. The Kier molecular flexibility index (Phi) is 5.13. The van der Waals surface area contributed by atoms with E-state index in [9.17, 15) is 9.59 Å². The number of urea groups is 1. The Morgan fingerprint density at radius 3 is 2.88 bits per heavy atom. The molecule has 2 aromatic heterocycles. The van der Waals surface area contributed by atoms with Gasteiger partial charge >= 0.3 is 6.03 Å². The van der Waals surface area contributed by atoms with E-state index in [-0.39, 0.29) is 11.8 Å². The van der Waals surface area contributed by atoms with Gasteiger partial charge in [-0.15, -0.1) is 10.2 Å². The first-order chi connectivity index (χ1) is 12.1. The van der Waals surface area contributed by atoms with Gasteiger partial charge < -0.3 is 10.3 Å². The van der Waals surface area contributed by atoms with Crippen LogP contribution in [0.3, 0.4) is 0 Å². The highest BCUT2D eigenvalue weighted by molar-refractivity contribution is 7.99. The minimum absolute atomic E-state index is 0.0115. The number of benzene rings is 1. The largest absolute Gasteiger partial charge is 0.338 e. The predicted molar refractivity (Wildman–Crippen MR) is 96.3 cm³/mol. The number of aromatic nitrogens is 4. The van der Waals surface area contributed by atoms with Gasteiger partial charge in [0.2, 0.25) is 11.1 Å². The lowest BCUT2D eigenvalue weighted by Crippen LogP contribution is -2.43. The molecule has 0 fully saturated rings. The second-order valence-corrected chi connectivity index (χ2v) is 6.52. The third-order valence-electron chi connectivity index (χ3n) is 3.68. The van der Waals surface area contributed by atoms with Crippen LogP contribution in [0.15, 0.2) is 29.4 Å². The molecule has 9 heteroatoms. The number of thioether (sulfide) groups is 1. The van der Waals surface area contributed by atoms with Gasteiger partial charge in [-0.25, -0.2) is 9.78 Å². The van der Waals surface area contributed by atoms with Gasteiger partial charge in [0.05, 0.1) is 5.75 Å². The van der Waals surface area contributed by atoms with Gasteiger partial charge in [-0.2, -0.15) is 0 Å². The third kappa shape index (κ3) is 4.05. The number of aromatic amines is 1. The van der Waals surface area contributed by atoms with Crippen molar-refractivity contribution in [1.82, 2.24) is 30.8 Å². The van der Waals surface area contributed by atoms with Crippen molar-refractivity contribution in [2.24, 2.45) is 0 Å². The van der Waals surface area contributed by atoms with Gasteiger partial charge in [0.1, 0.15) is 5.52 Å². The van der Waals surface area contributed by atoms with Crippen molar-refractivity contribution in [3.05, 3.63) is 24.3 Å². The topological polar surface area (TPSA) is 113 Å². The van der Waals surface area contributed by atoms with Crippen molar-refractivity contribution in [1.29, 1.82) is 0 Å². The van der Waals surface area contributed by atoms with E-state index in [1.54, 1.807) is 0 Å². The number of carbonyl (C=O) groups is 2. The number of nitrogens with one attached hydrogen (secondary N) is 3. The third-order valence-corrected chi connectivity index (χ3v) is 4.52. The number of amides is 3. The Balaban J connectivity index is 1.62. The Hall–Kier alpha value is -2.68. The molecule has 0 aliphatic heterocycles. The van der Waals surface area contributed by atoms with E-state index < -0.39 is 11.9 Å². The highest BCUT2D eigenvalue weighted by Crippen LogP contribution is 2.23. The Labute approximate surface area is 148 Å². The highest BCUT2D eigenvalue weighted by atomic mass is 32.2. The van der Waals surface area contributed by atoms with Crippen molar-refractivity contribution in [3.63, 3.8) is 0 Å². The summed E-state index contributed by atoms with van der Waals surface area (Å²) in [6, 6.07) is 7.25. The first kappa shape index (κ1) is 17.2. The smallest absolute Gasteiger partial charge is 0.321 e. The van der Waals surface area contributed by atoms with Gasteiger partial charge in [0.15, 0.2) is 5.65 Å². The van der Waals surface area contributed by atoms with Crippen LogP contribution in [0.4, 0.5) is 4.79 Å². The van der Waals surface area contributed by atoms with Crippen molar-refractivity contribution in [2.45, 2.75) is 31.5 Å². The molecule has 0 spiro atoms. The molecule has 25 heavy (non-hydrogen) atoms. The molecule has 0 aliphatic rings. The summed E-state index contributed by atoms with van der Waals surface area (Å²) in [4.78, 5) is 31.0. The zero-order valence-electron chi connectivity index (χ0n) is 13.9. The van der Waals surface area contributed by atoms with Crippen LogP contribution in [0.1, 0.15) is 20.3 Å². The van der Waals surface area contributed by atoms with Crippen LogP contribution in [0.25, 0.3) is 22.1 Å². The lowest BCUT2D eigenvalue weighted by Gasteiger charge is -2.11. The molecule has 2 heterocycles. The monoisotopic (exact) mass is 358 g/mol. The van der Waals surface area contributed by atoms with Gasteiger partial charge in [-0.05, 0) is 19.4 Å². The number of hydrogen-bond acceptors (Lipinski definition) is 6. The first-order valence-corrected chi connectivity index (χ1v) is 8.89. The minimum atomic E-state index is -0.495. The second kappa shape index (κ2) is 7.47. The van der Waals surface area contributed by atoms with Gasteiger partial charge in [-0.3, -0.25) is 10.1 Å². The number of fused-ring (bicyclic) bond motifs is 3. The first-order valence-electron chi connectivity index (χ1n) is 7.91. The number of H-pyrrole nitrogens is 1. The van der Waals surface area contributed by atoms with Crippen LogP contribution < -0.4 is 10.6 Å². The molecule has 3 amide bonds. The normalized spacial score (nSPS) is 12.2. The Morgan fingerprint density at radius 1 is 1.28 bits per heavy atom. The summed E-state index contributed by atoms with van der Waals surface area (Å²) >= 11 is 1.12. The van der Waals surface area contributed by atoms with Crippen LogP contribution >= 0.6 is 11.8 Å². The van der Waals surface area contributed by atoms with Gasteiger partial charge in [0, 0.05) is 16.9 Å². The lowest BCUT2D eigenvalue weighted by molar-refractivity contribution is -0.117. The number of para-hydroxylation sites is 1. The average molecular weight is 358 g/mol. The Morgan fingerprint density at radius 2 is 2.08 bits per heavy atom. The SMILES string of the molecule is CC[C@H](C)NC(=O)NC(=O)CSc1nnc2c(n1)[nH]c1ccccc12. The molecule has 0 aliphatic carbocycles. The van der Waals surface area contributed by atoms with E-state index in [4.69, 9.17) is 0 Å². The summed E-state index contributed by atoms with van der Waals surface area (Å²) in [6.07, 6.45) is 0.792. The fraction of sp³-hybridized carbons (Fsp3) is 0.312. The van der Waals surface area contributed by atoms with Crippen molar-refractivity contribution in [3.8, 4) is 0 Å². The molecular formula is C16H18N6O2S. The predicted octanol–water partition coefficient (Wildman–Crippen LogP) is 2.22. The van der Waals surface area contributed by atoms with Crippen LogP contribution in [0.2, 0.25) is 0 Å². The molecule has 0 saturated heterocycles. The van der Waals surface area contributed by atoms with Crippen molar-refractivity contribution < 1.29 is 9.59 Å². The zero-order chi connectivity index (χ0) is 17.8. The zero-order valence-corrected chi connectivity index (χ0v) is 14.7. The molecule has 3 aromatic rings. The summed E-state index contributed by atoms with van der Waals surface area (Å²) in [5, 5.41) is 14.5. The number of nitrogens with zero attached hydrogens (tertiary/aromatic N) is 3. The highest BCUT2D eigenvalue weighted by Gasteiger charge is 2.13. The standard InChI is InChI=1S/C16H18N6O2S/c1-3-9(2)17-15(24)19-12(23)8-25-16-20-14-13(21-22-16)10-6-4-5-7-11(10)18-14/h4-7,9H,3,8H2,1-2H3,(H,18,20,22)(H2,17,19,23,24)/t9-/m0/s1. The summed E-state index contributed by atoms with van der Waals surface area (Å²) in [5.41, 5.74) is 2.24. The molecule has 3 N–H and O–H groups in total. The maximum atomic E-state index is 11.8. The van der Waals surface area contributed by atoms with Crippen LogP contribution in [-0.2, 0) is 4.79 Å². The molecule has 0 bridgehead atoms. The van der Waals surface area contributed by atoms with Crippen molar-refractivity contribution >= 4 is 45.8 Å². The van der Waals surface area contributed by atoms with E-state index >= 15 is 0 Å². The molecule has 0 saturated carbocycles. The summed E-state index contributed by atoms with van der Waals surface area (Å²) in [6.45, 7) is 3.82. The molecular weight excluding hydrogens is 340 g/mol.